The van der Waals surface area contributed by atoms with Crippen molar-refractivity contribution in [3.05, 3.63) is 109 Å². The molecule has 316 valence electrons. The van der Waals surface area contributed by atoms with Crippen LogP contribution in [0.15, 0.2) is 109 Å². The average molecular weight is 801 g/mol. The molecule has 56 heavy (non-hydrogen) atoms. The minimum Gasteiger partial charge on any atom is -0.462 e. The van der Waals surface area contributed by atoms with Crippen molar-refractivity contribution in [1.82, 2.24) is 0 Å². The Hall–Kier alpha value is -3.33. The van der Waals surface area contributed by atoms with E-state index in [0.717, 1.165) is 70.6 Å². The van der Waals surface area contributed by atoms with Crippen LogP contribution in [-0.2, 0) is 32.7 Å². The van der Waals surface area contributed by atoms with E-state index in [2.05, 4.69) is 68.5 Å². The summed E-state index contributed by atoms with van der Waals surface area (Å²) in [5.41, 5.74) is 0. The zero-order valence-corrected chi connectivity index (χ0v) is 36.2. The Kier molecular flexibility index (Phi) is 35.0. The minimum absolute atomic E-state index is 0.00862. The molecule has 0 bridgehead atoms. The monoisotopic (exact) mass is 801 g/mol. The number of carbonyl (C=O) groups is 2. The maximum absolute atomic E-state index is 12.6. The summed E-state index contributed by atoms with van der Waals surface area (Å²) in [5, 5.41) is 0. The molecule has 0 aliphatic heterocycles. The first-order chi connectivity index (χ1) is 27.0. The SMILES string of the molecule is CC/C=C/C=C/C=C/C=C/C=C/CCCC(=O)OC(COC(=O)CCCCCCCC/C=C/C/C=C/C/C=C/C/C=C/CC)COP(=O)(O)OCC[N+](C)(C)C. The molecule has 0 heterocycles. The van der Waals surface area contributed by atoms with Crippen LogP contribution < -0.4 is 0 Å². The molecule has 0 fully saturated rings. The first kappa shape index (κ1) is 52.7. The third-order valence-corrected chi connectivity index (χ3v) is 8.91. The van der Waals surface area contributed by atoms with Crippen molar-refractivity contribution in [3.8, 4) is 0 Å². The molecule has 9 nitrogen and oxygen atoms in total. The number of quaternary nitrogens is 1. The molecule has 0 spiro atoms. The highest BCUT2D eigenvalue weighted by atomic mass is 31.2. The van der Waals surface area contributed by atoms with Gasteiger partial charge in [0.2, 0.25) is 0 Å². The predicted molar refractivity (Wildman–Crippen MR) is 233 cm³/mol. The van der Waals surface area contributed by atoms with E-state index in [1.807, 2.05) is 75.8 Å². The Labute approximate surface area is 340 Å². The summed E-state index contributed by atoms with van der Waals surface area (Å²) >= 11 is 0. The second kappa shape index (κ2) is 37.3. The van der Waals surface area contributed by atoms with Gasteiger partial charge in [-0.15, -0.1) is 0 Å². The largest absolute Gasteiger partial charge is 0.472 e. The quantitative estimate of drug-likeness (QED) is 0.0169. The third kappa shape index (κ3) is 40.3. The Morgan fingerprint density at radius 1 is 0.571 bits per heavy atom. The Morgan fingerprint density at radius 3 is 1.68 bits per heavy atom. The molecule has 0 saturated heterocycles. The number of likely N-dealkylation sites (N-methyl/N-ethyl adjacent to an activating group) is 1. The van der Waals surface area contributed by atoms with Crippen LogP contribution in [0.3, 0.4) is 0 Å². The fourth-order valence-electron chi connectivity index (χ4n) is 4.74. The number of rotatable bonds is 35. The van der Waals surface area contributed by atoms with Crippen molar-refractivity contribution in [2.45, 2.75) is 123 Å². The highest BCUT2D eigenvalue weighted by Crippen LogP contribution is 2.43. The van der Waals surface area contributed by atoms with Crippen molar-refractivity contribution < 1.29 is 42.1 Å². The maximum Gasteiger partial charge on any atom is 0.472 e. The van der Waals surface area contributed by atoms with Crippen LogP contribution in [0.1, 0.15) is 117 Å². The van der Waals surface area contributed by atoms with Gasteiger partial charge in [-0.3, -0.25) is 18.6 Å². The van der Waals surface area contributed by atoms with E-state index in [4.69, 9.17) is 18.5 Å². The van der Waals surface area contributed by atoms with E-state index >= 15 is 0 Å². The third-order valence-electron chi connectivity index (χ3n) is 7.93. The molecule has 0 aromatic heterocycles. The standard InChI is InChI=1S/C46H74NO8P/c1-6-8-10-12-14-16-18-20-21-22-23-24-25-27-28-30-32-34-36-38-45(48)52-42-44(43-54-56(50,51)53-41-40-47(3,4)5)55-46(49)39-37-35-33-31-29-26-19-17-15-13-11-9-7-2/h8-11,13-17,19-21,23-24,26,29,31,33,44H,6-7,12,18,22,25,27-28,30,32,34-43H2,1-5H3/p+1/b10-8+,11-9+,15-13+,16-14+,19-17+,21-20+,24-23+,29-26+,33-31+. The van der Waals surface area contributed by atoms with Crippen LogP contribution >= 0.6 is 7.82 Å². The van der Waals surface area contributed by atoms with Gasteiger partial charge in [0, 0.05) is 12.8 Å². The number of hydrogen-bond donors (Lipinski definition) is 1. The molecule has 0 aliphatic rings. The number of esters is 2. The van der Waals surface area contributed by atoms with E-state index in [1.54, 1.807) is 0 Å². The van der Waals surface area contributed by atoms with Gasteiger partial charge in [-0.2, -0.15) is 0 Å². The van der Waals surface area contributed by atoms with Crippen molar-refractivity contribution >= 4 is 19.8 Å². The summed E-state index contributed by atoms with van der Waals surface area (Å²) in [4.78, 5) is 35.3. The molecule has 0 rings (SSSR count). The van der Waals surface area contributed by atoms with Crippen LogP contribution in [0.5, 0.6) is 0 Å². The van der Waals surface area contributed by atoms with Crippen molar-refractivity contribution in [1.29, 1.82) is 0 Å². The van der Waals surface area contributed by atoms with E-state index in [9.17, 15) is 19.0 Å². The molecule has 0 amide bonds. The number of unbranched alkanes of at least 4 members (excludes halogenated alkanes) is 7. The normalized spacial score (nSPS) is 14.8. The van der Waals surface area contributed by atoms with Crippen LogP contribution in [0.4, 0.5) is 0 Å². The molecule has 0 aromatic carbocycles. The highest BCUT2D eigenvalue weighted by molar-refractivity contribution is 7.47. The molecule has 0 radical (unpaired) electrons. The van der Waals surface area contributed by atoms with Gasteiger partial charge in [-0.1, -0.05) is 149 Å². The molecular formula is C46H75NO8P+. The van der Waals surface area contributed by atoms with Crippen LogP contribution in [0.25, 0.3) is 0 Å². The molecule has 10 heteroatoms. The van der Waals surface area contributed by atoms with Crippen LogP contribution in [-0.4, -0.2) is 74.9 Å². The summed E-state index contributed by atoms with van der Waals surface area (Å²) in [6, 6.07) is 0. The van der Waals surface area contributed by atoms with Gasteiger partial charge >= 0.3 is 19.8 Å². The van der Waals surface area contributed by atoms with Gasteiger partial charge in [-0.25, -0.2) is 4.57 Å². The summed E-state index contributed by atoms with van der Waals surface area (Å²) in [6.07, 6.45) is 50.1. The Bertz CT molecular complexity index is 1320. The highest BCUT2D eigenvalue weighted by Gasteiger charge is 2.27. The summed E-state index contributed by atoms with van der Waals surface area (Å²) in [5.74, 6) is -0.916. The number of phosphoric acid groups is 1. The zero-order valence-electron chi connectivity index (χ0n) is 35.3. The van der Waals surface area contributed by atoms with Crippen LogP contribution in [0, 0.1) is 0 Å². The molecule has 2 unspecified atom stereocenters. The number of hydrogen-bond acceptors (Lipinski definition) is 7. The molecule has 2 atom stereocenters. The summed E-state index contributed by atoms with van der Waals surface area (Å²) < 4.78 is 34.1. The van der Waals surface area contributed by atoms with Crippen LogP contribution in [0.2, 0.25) is 0 Å². The van der Waals surface area contributed by atoms with E-state index in [1.165, 1.54) is 0 Å². The van der Waals surface area contributed by atoms with E-state index in [0.29, 0.717) is 30.3 Å². The van der Waals surface area contributed by atoms with Gasteiger partial charge < -0.3 is 18.9 Å². The molecule has 0 saturated carbocycles. The fourth-order valence-corrected chi connectivity index (χ4v) is 5.48. The van der Waals surface area contributed by atoms with Gasteiger partial charge in [0.05, 0.1) is 27.7 Å². The molecule has 0 aliphatic carbocycles. The first-order valence-corrected chi connectivity index (χ1v) is 22.2. The fraction of sp³-hybridized carbons (Fsp3) is 0.565. The second-order valence-electron chi connectivity index (χ2n) is 14.4. The predicted octanol–water partition coefficient (Wildman–Crippen LogP) is 11.6. The van der Waals surface area contributed by atoms with Crippen molar-refractivity contribution in [3.63, 3.8) is 0 Å². The van der Waals surface area contributed by atoms with Gasteiger partial charge in [0.25, 0.3) is 0 Å². The number of allylic oxidation sites excluding steroid dienone is 18. The lowest BCUT2D eigenvalue weighted by molar-refractivity contribution is -0.870. The lowest BCUT2D eigenvalue weighted by atomic mass is 10.1. The number of ether oxygens (including phenoxy) is 2. The zero-order chi connectivity index (χ0) is 41.4. The van der Waals surface area contributed by atoms with Gasteiger partial charge in [-0.05, 0) is 64.2 Å². The Balaban J connectivity index is 4.51. The molecular weight excluding hydrogens is 725 g/mol. The summed E-state index contributed by atoms with van der Waals surface area (Å²) in [7, 11) is 1.40. The number of phosphoric ester groups is 1. The Morgan fingerprint density at radius 2 is 1.07 bits per heavy atom. The lowest BCUT2D eigenvalue weighted by Crippen LogP contribution is -2.37. The average Bonchev–Trinajstić information content (AvgIpc) is 3.15. The minimum atomic E-state index is -4.40. The van der Waals surface area contributed by atoms with Crippen molar-refractivity contribution in [2.24, 2.45) is 0 Å². The second-order valence-corrected chi connectivity index (χ2v) is 15.8. The van der Waals surface area contributed by atoms with Gasteiger partial charge in [0.1, 0.15) is 19.8 Å². The maximum atomic E-state index is 12.6. The summed E-state index contributed by atoms with van der Waals surface area (Å²) in [6.45, 7) is 4.02. The molecule has 1 N–H and O–H groups in total. The molecule has 0 aromatic rings. The number of carbonyl (C=O) groups excluding carboxylic acids is 2. The van der Waals surface area contributed by atoms with E-state index in [-0.39, 0.29) is 26.1 Å². The van der Waals surface area contributed by atoms with Gasteiger partial charge in [0.15, 0.2) is 6.10 Å². The van der Waals surface area contributed by atoms with E-state index < -0.39 is 32.5 Å². The van der Waals surface area contributed by atoms with Crippen molar-refractivity contribution in [2.75, 3.05) is 47.5 Å². The first-order valence-electron chi connectivity index (χ1n) is 20.7. The topological polar surface area (TPSA) is 108 Å². The lowest BCUT2D eigenvalue weighted by Gasteiger charge is -2.24. The number of nitrogens with zero attached hydrogens (tertiary/aromatic N) is 1. The smallest absolute Gasteiger partial charge is 0.462 e.